The molecule has 0 atom stereocenters. The Morgan fingerprint density at radius 3 is 2.45 bits per heavy atom. The number of rotatable bonds is 6. The van der Waals surface area contributed by atoms with E-state index in [4.69, 9.17) is 0 Å². The van der Waals surface area contributed by atoms with Crippen LogP contribution < -0.4 is 15.5 Å². The molecule has 2 rings (SSSR count). The molecule has 0 spiro atoms. The van der Waals surface area contributed by atoms with Crippen molar-refractivity contribution < 1.29 is 4.79 Å². The van der Waals surface area contributed by atoms with E-state index in [1.54, 1.807) is 6.20 Å². The first-order valence-electron chi connectivity index (χ1n) is 7.49. The summed E-state index contributed by atoms with van der Waals surface area (Å²) in [5.74, 6) is 0.905. The fourth-order valence-corrected chi connectivity index (χ4v) is 2.01. The number of para-hydroxylation sites is 1. The minimum absolute atomic E-state index is 0.278. The number of amides is 2. The van der Waals surface area contributed by atoms with Gasteiger partial charge in [0.2, 0.25) is 0 Å². The smallest absolute Gasteiger partial charge is 0.323 e. The van der Waals surface area contributed by atoms with E-state index < -0.39 is 0 Å². The number of unbranched alkanes of at least 4 members (excludes halogenated alkanes) is 1. The van der Waals surface area contributed by atoms with E-state index in [1.165, 1.54) is 0 Å². The second-order valence-electron chi connectivity index (χ2n) is 5.13. The van der Waals surface area contributed by atoms with Gasteiger partial charge in [-0.25, -0.2) is 9.78 Å². The molecule has 0 aliphatic carbocycles. The summed E-state index contributed by atoms with van der Waals surface area (Å²) < 4.78 is 0. The highest BCUT2D eigenvalue weighted by molar-refractivity contribution is 5.99. The summed E-state index contributed by atoms with van der Waals surface area (Å²) in [6.45, 7) is 3.14. The van der Waals surface area contributed by atoms with Gasteiger partial charge in [0.25, 0.3) is 0 Å². The van der Waals surface area contributed by atoms with Crippen LogP contribution in [-0.4, -0.2) is 24.6 Å². The molecule has 2 amide bonds. The van der Waals surface area contributed by atoms with Crippen LogP contribution in [0.4, 0.5) is 22.0 Å². The fraction of sp³-hybridized carbons (Fsp3) is 0.294. The number of hydrogen-bond acceptors (Lipinski definition) is 3. The molecule has 116 valence electrons. The SMILES string of the molecule is CCCCN(C)c1ccc(NC(=O)Nc2ccccc2)cn1. The number of pyridine rings is 1. The van der Waals surface area contributed by atoms with Gasteiger partial charge in [0.05, 0.1) is 11.9 Å². The van der Waals surface area contributed by atoms with Crippen LogP contribution in [0.1, 0.15) is 19.8 Å². The molecule has 0 aliphatic rings. The second-order valence-corrected chi connectivity index (χ2v) is 5.13. The quantitative estimate of drug-likeness (QED) is 0.848. The van der Waals surface area contributed by atoms with E-state index in [0.717, 1.165) is 30.9 Å². The van der Waals surface area contributed by atoms with Gasteiger partial charge in [-0.2, -0.15) is 0 Å². The largest absolute Gasteiger partial charge is 0.360 e. The normalized spacial score (nSPS) is 10.1. The van der Waals surface area contributed by atoms with E-state index >= 15 is 0 Å². The molecule has 0 saturated heterocycles. The Bertz CT molecular complexity index is 583. The molecule has 0 bridgehead atoms. The molecular weight excluding hydrogens is 276 g/mol. The third-order valence-corrected chi connectivity index (χ3v) is 3.28. The van der Waals surface area contributed by atoms with E-state index in [1.807, 2.05) is 49.5 Å². The number of hydrogen-bond donors (Lipinski definition) is 2. The summed E-state index contributed by atoms with van der Waals surface area (Å²) in [6.07, 6.45) is 3.96. The summed E-state index contributed by atoms with van der Waals surface area (Å²) in [5, 5.41) is 5.54. The van der Waals surface area contributed by atoms with Crippen molar-refractivity contribution in [2.24, 2.45) is 0 Å². The highest BCUT2D eigenvalue weighted by Crippen LogP contribution is 2.14. The number of carbonyl (C=O) groups excluding carboxylic acids is 1. The van der Waals surface area contributed by atoms with Crippen molar-refractivity contribution in [2.45, 2.75) is 19.8 Å². The predicted octanol–water partition coefficient (Wildman–Crippen LogP) is 3.96. The van der Waals surface area contributed by atoms with Gasteiger partial charge in [-0.3, -0.25) is 0 Å². The zero-order chi connectivity index (χ0) is 15.8. The highest BCUT2D eigenvalue weighted by atomic mass is 16.2. The lowest BCUT2D eigenvalue weighted by molar-refractivity contribution is 0.262. The van der Waals surface area contributed by atoms with Gasteiger partial charge in [0, 0.05) is 19.3 Å². The fourth-order valence-electron chi connectivity index (χ4n) is 2.01. The first kappa shape index (κ1) is 15.8. The Hall–Kier alpha value is -2.56. The predicted molar refractivity (Wildman–Crippen MR) is 91.5 cm³/mol. The summed E-state index contributed by atoms with van der Waals surface area (Å²) in [4.78, 5) is 18.4. The molecule has 1 aromatic carbocycles. The zero-order valence-corrected chi connectivity index (χ0v) is 13.0. The van der Waals surface area contributed by atoms with Crippen LogP contribution in [-0.2, 0) is 0 Å². The van der Waals surface area contributed by atoms with Crippen molar-refractivity contribution in [3.05, 3.63) is 48.7 Å². The summed E-state index contributed by atoms with van der Waals surface area (Å²) in [6, 6.07) is 12.8. The van der Waals surface area contributed by atoms with Crippen molar-refractivity contribution in [2.75, 3.05) is 29.1 Å². The average Bonchev–Trinajstić information content (AvgIpc) is 2.54. The van der Waals surface area contributed by atoms with Gasteiger partial charge in [0.15, 0.2) is 0 Å². The first-order valence-corrected chi connectivity index (χ1v) is 7.49. The van der Waals surface area contributed by atoms with Crippen LogP contribution in [0.15, 0.2) is 48.7 Å². The second kappa shape index (κ2) is 8.02. The maximum Gasteiger partial charge on any atom is 0.323 e. The molecule has 22 heavy (non-hydrogen) atoms. The number of anilines is 3. The number of benzene rings is 1. The Morgan fingerprint density at radius 2 is 1.82 bits per heavy atom. The van der Waals surface area contributed by atoms with Crippen molar-refractivity contribution in [3.8, 4) is 0 Å². The number of aromatic nitrogens is 1. The Labute approximate surface area is 131 Å². The van der Waals surface area contributed by atoms with Crippen molar-refractivity contribution in [1.29, 1.82) is 0 Å². The molecular formula is C17H22N4O. The number of nitrogens with zero attached hydrogens (tertiary/aromatic N) is 2. The van der Waals surface area contributed by atoms with Gasteiger partial charge in [-0.05, 0) is 30.7 Å². The van der Waals surface area contributed by atoms with Crippen molar-refractivity contribution in [1.82, 2.24) is 4.98 Å². The number of urea groups is 1. The van der Waals surface area contributed by atoms with Gasteiger partial charge in [-0.15, -0.1) is 0 Å². The Kier molecular flexibility index (Phi) is 5.77. The molecule has 5 heteroatoms. The van der Waals surface area contributed by atoms with Gasteiger partial charge >= 0.3 is 6.03 Å². The molecule has 1 heterocycles. The molecule has 1 aromatic heterocycles. The lowest BCUT2D eigenvalue weighted by Gasteiger charge is -2.17. The van der Waals surface area contributed by atoms with Gasteiger partial charge in [0.1, 0.15) is 5.82 Å². The minimum atomic E-state index is -0.278. The molecule has 0 unspecified atom stereocenters. The van der Waals surface area contributed by atoms with E-state index in [9.17, 15) is 4.79 Å². The average molecular weight is 298 g/mol. The lowest BCUT2D eigenvalue weighted by atomic mass is 10.3. The van der Waals surface area contributed by atoms with E-state index in [0.29, 0.717) is 5.69 Å². The van der Waals surface area contributed by atoms with Crippen LogP contribution >= 0.6 is 0 Å². The Balaban J connectivity index is 1.89. The molecule has 0 aliphatic heterocycles. The maximum atomic E-state index is 11.9. The lowest BCUT2D eigenvalue weighted by Crippen LogP contribution is -2.21. The van der Waals surface area contributed by atoms with Gasteiger partial charge < -0.3 is 15.5 Å². The third-order valence-electron chi connectivity index (χ3n) is 3.28. The van der Waals surface area contributed by atoms with Crippen LogP contribution in [0.3, 0.4) is 0 Å². The monoisotopic (exact) mass is 298 g/mol. The summed E-state index contributed by atoms with van der Waals surface area (Å²) >= 11 is 0. The topological polar surface area (TPSA) is 57.3 Å². The van der Waals surface area contributed by atoms with Gasteiger partial charge in [-0.1, -0.05) is 31.5 Å². The highest BCUT2D eigenvalue weighted by Gasteiger charge is 2.05. The van der Waals surface area contributed by atoms with E-state index in [-0.39, 0.29) is 6.03 Å². The summed E-state index contributed by atoms with van der Waals surface area (Å²) in [5.41, 5.74) is 1.42. The molecule has 5 nitrogen and oxygen atoms in total. The number of carbonyl (C=O) groups is 1. The standard InChI is InChI=1S/C17H22N4O/c1-3-4-12-21(2)16-11-10-15(13-18-16)20-17(22)19-14-8-6-5-7-9-14/h5-11,13H,3-4,12H2,1-2H3,(H2,19,20,22). The van der Waals surface area contributed by atoms with Crippen molar-refractivity contribution in [3.63, 3.8) is 0 Å². The minimum Gasteiger partial charge on any atom is -0.360 e. The third kappa shape index (κ3) is 4.77. The first-order chi connectivity index (χ1) is 10.7. The van der Waals surface area contributed by atoms with Crippen molar-refractivity contribution >= 4 is 23.2 Å². The molecule has 0 saturated carbocycles. The molecule has 2 N–H and O–H groups in total. The Morgan fingerprint density at radius 1 is 1.09 bits per heavy atom. The van der Waals surface area contributed by atoms with Crippen LogP contribution in [0.5, 0.6) is 0 Å². The molecule has 2 aromatic rings. The van der Waals surface area contributed by atoms with Crippen LogP contribution in [0, 0.1) is 0 Å². The summed E-state index contributed by atoms with van der Waals surface area (Å²) in [7, 11) is 2.02. The van der Waals surface area contributed by atoms with Crippen LogP contribution in [0.2, 0.25) is 0 Å². The molecule has 0 radical (unpaired) electrons. The maximum absolute atomic E-state index is 11.9. The van der Waals surface area contributed by atoms with E-state index in [2.05, 4.69) is 27.4 Å². The number of nitrogens with one attached hydrogen (secondary N) is 2. The van der Waals surface area contributed by atoms with Crippen LogP contribution in [0.25, 0.3) is 0 Å². The zero-order valence-electron chi connectivity index (χ0n) is 13.0. The molecule has 0 fully saturated rings.